The number of imide groups is 1. The molecule has 0 atom stereocenters. The second-order valence-corrected chi connectivity index (χ2v) is 8.09. The summed E-state index contributed by atoms with van der Waals surface area (Å²) in [7, 11) is 1.89. The molecular formula is C23H32N4O3. The Morgan fingerprint density at radius 2 is 1.73 bits per heavy atom. The lowest BCUT2D eigenvalue weighted by Crippen LogP contribution is -2.49. The number of fused-ring (bicyclic) bond motifs is 1. The van der Waals surface area contributed by atoms with Gasteiger partial charge in [0.15, 0.2) is 5.82 Å². The molecule has 1 aliphatic heterocycles. The quantitative estimate of drug-likeness (QED) is 0.417. The molecule has 2 heterocycles. The Labute approximate surface area is 177 Å². The largest absolute Gasteiger partial charge is 0.329 e. The highest BCUT2D eigenvalue weighted by molar-refractivity contribution is 6.08. The molecule has 1 saturated heterocycles. The molecule has 3 rings (SSSR count). The molecule has 2 aromatic rings. The van der Waals surface area contributed by atoms with E-state index in [4.69, 9.17) is 0 Å². The zero-order chi connectivity index (χ0) is 21.3. The normalized spacial score (nSPS) is 14.4. The molecule has 0 bridgehead atoms. The summed E-state index contributed by atoms with van der Waals surface area (Å²) < 4.78 is 1.81. The fraction of sp³-hybridized carbons (Fsp3) is 0.565. The zero-order valence-corrected chi connectivity index (χ0v) is 17.9. The van der Waals surface area contributed by atoms with Crippen molar-refractivity contribution in [3.63, 3.8) is 0 Å². The molecule has 7 heteroatoms. The van der Waals surface area contributed by atoms with Crippen LogP contribution in [-0.4, -0.2) is 34.5 Å². The van der Waals surface area contributed by atoms with Crippen LogP contribution in [-0.2, 0) is 23.1 Å². The first-order valence-electron chi connectivity index (χ1n) is 11.1. The monoisotopic (exact) mass is 412 g/mol. The molecule has 1 aromatic heterocycles. The number of hydrogen-bond acceptors (Lipinski definition) is 4. The summed E-state index contributed by atoms with van der Waals surface area (Å²) >= 11 is 0. The molecule has 30 heavy (non-hydrogen) atoms. The number of nitrogens with one attached hydrogen (secondary N) is 1. The molecule has 7 nitrogen and oxygen atoms in total. The van der Waals surface area contributed by atoms with Gasteiger partial charge in [-0.25, -0.2) is 4.79 Å². The van der Waals surface area contributed by atoms with E-state index in [-0.39, 0.29) is 5.91 Å². The maximum absolute atomic E-state index is 12.2. The van der Waals surface area contributed by atoms with Crippen LogP contribution in [0.5, 0.6) is 0 Å². The Bertz CT molecular complexity index is 890. The highest BCUT2D eigenvalue weighted by Crippen LogP contribution is 2.28. The third kappa shape index (κ3) is 5.68. The molecular weight excluding hydrogens is 380 g/mol. The maximum Gasteiger partial charge on any atom is 0.329 e. The van der Waals surface area contributed by atoms with Crippen molar-refractivity contribution in [3.8, 4) is 0 Å². The van der Waals surface area contributed by atoms with Gasteiger partial charge in [0.25, 0.3) is 0 Å². The number of rotatable bonds is 12. The van der Waals surface area contributed by atoms with Crippen molar-refractivity contribution in [2.75, 3.05) is 11.4 Å². The van der Waals surface area contributed by atoms with Crippen LogP contribution >= 0.6 is 0 Å². The van der Waals surface area contributed by atoms with E-state index >= 15 is 0 Å². The van der Waals surface area contributed by atoms with Crippen molar-refractivity contribution < 1.29 is 14.4 Å². The number of amides is 3. The molecule has 162 valence electrons. The van der Waals surface area contributed by atoms with Crippen LogP contribution in [0, 0.1) is 0 Å². The second kappa shape index (κ2) is 10.9. The SMILES string of the molecule is Cn1nc(N2CCC(=O)NC2=O)c2ccc(CCCCCCCCCCC=O)cc21. The lowest BCUT2D eigenvalue weighted by Gasteiger charge is -2.24. The maximum atomic E-state index is 12.2. The van der Waals surface area contributed by atoms with Crippen molar-refractivity contribution in [3.05, 3.63) is 23.8 Å². The molecule has 3 amide bonds. The Morgan fingerprint density at radius 3 is 2.43 bits per heavy atom. The van der Waals surface area contributed by atoms with Gasteiger partial charge in [-0.2, -0.15) is 5.10 Å². The molecule has 1 aromatic carbocycles. The number of aldehydes is 1. The van der Waals surface area contributed by atoms with E-state index in [9.17, 15) is 14.4 Å². The van der Waals surface area contributed by atoms with Gasteiger partial charge in [-0.15, -0.1) is 0 Å². The van der Waals surface area contributed by atoms with Crippen LogP contribution in [0.4, 0.5) is 10.6 Å². The fourth-order valence-corrected chi connectivity index (χ4v) is 4.02. The number of carbonyl (C=O) groups excluding carboxylic acids is 3. The average Bonchev–Trinajstić information content (AvgIpc) is 3.05. The lowest BCUT2D eigenvalue weighted by atomic mass is 10.0. The summed E-state index contributed by atoms with van der Waals surface area (Å²) in [6.07, 6.45) is 12.7. The predicted molar refractivity (Wildman–Crippen MR) is 118 cm³/mol. The molecule has 0 aliphatic carbocycles. The van der Waals surface area contributed by atoms with Gasteiger partial charge in [-0.05, 0) is 37.0 Å². The van der Waals surface area contributed by atoms with Crippen LogP contribution < -0.4 is 10.2 Å². The molecule has 0 spiro atoms. The van der Waals surface area contributed by atoms with Gasteiger partial charge in [0.1, 0.15) is 6.29 Å². The van der Waals surface area contributed by atoms with E-state index < -0.39 is 6.03 Å². The molecule has 1 N–H and O–H groups in total. The van der Waals surface area contributed by atoms with Gasteiger partial charge >= 0.3 is 6.03 Å². The molecule has 1 fully saturated rings. The minimum atomic E-state index is -0.404. The number of anilines is 1. The molecule has 0 saturated carbocycles. The van der Waals surface area contributed by atoms with Gasteiger partial charge in [0, 0.05) is 31.8 Å². The van der Waals surface area contributed by atoms with Crippen molar-refractivity contribution in [1.82, 2.24) is 15.1 Å². The van der Waals surface area contributed by atoms with Crippen molar-refractivity contribution in [2.45, 2.75) is 70.6 Å². The summed E-state index contributed by atoms with van der Waals surface area (Å²) in [5.74, 6) is 0.369. The number of aryl methyl sites for hydroxylation is 2. The molecule has 0 radical (unpaired) electrons. The topological polar surface area (TPSA) is 84.3 Å². The average molecular weight is 413 g/mol. The fourth-order valence-electron chi connectivity index (χ4n) is 4.02. The van der Waals surface area contributed by atoms with Crippen LogP contribution in [0.15, 0.2) is 18.2 Å². The summed E-state index contributed by atoms with van der Waals surface area (Å²) in [4.78, 5) is 35.4. The Morgan fingerprint density at radius 1 is 1.03 bits per heavy atom. The Kier molecular flexibility index (Phi) is 7.99. The van der Waals surface area contributed by atoms with E-state index in [1.54, 1.807) is 4.90 Å². The summed E-state index contributed by atoms with van der Waals surface area (Å²) in [6, 6.07) is 5.91. The minimum Gasteiger partial charge on any atom is -0.303 e. The van der Waals surface area contributed by atoms with E-state index in [1.165, 1.54) is 44.1 Å². The first-order chi connectivity index (χ1) is 14.6. The van der Waals surface area contributed by atoms with E-state index in [2.05, 4.69) is 22.5 Å². The summed E-state index contributed by atoms with van der Waals surface area (Å²) in [6.45, 7) is 0.357. The van der Waals surface area contributed by atoms with E-state index in [0.717, 1.165) is 36.5 Å². The number of aromatic nitrogens is 2. The van der Waals surface area contributed by atoms with E-state index in [0.29, 0.717) is 25.2 Å². The zero-order valence-electron chi connectivity index (χ0n) is 17.9. The number of benzene rings is 1. The molecule has 0 unspecified atom stereocenters. The summed E-state index contributed by atoms with van der Waals surface area (Å²) in [5, 5.41) is 7.83. The second-order valence-electron chi connectivity index (χ2n) is 8.09. The van der Waals surface area contributed by atoms with Crippen molar-refractivity contribution >= 4 is 34.9 Å². The van der Waals surface area contributed by atoms with Gasteiger partial charge in [-0.1, -0.05) is 44.6 Å². The van der Waals surface area contributed by atoms with Crippen LogP contribution in [0.25, 0.3) is 10.9 Å². The lowest BCUT2D eigenvalue weighted by molar-refractivity contribution is -0.120. The highest BCUT2D eigenvalue weighted by atomic mass is 16.2. The summed E-state index contributed by atoms with van der Waals surface area (Å²) in [5.41, 5.74) is 2.28. The Balaban J connectivity index is 1.48. The predicted octanol–water partition coefficient (Wildman–Crippen LogP) is 4.27. The Hall–Kier alpha value is -2.70. The number of urea groups is 1. The van der Waals surface area contributed by atoms with Gasteiger partial charge in [0.05, 0.1) is 5.52 Å². The van der Waals surface area contributed by atoms with Crippen LogP contribution in [0.1, 0.15) is 69.8 Å². The first-order valence-corrected chi connectivity index (χ1v) is 11.1. The first kappa shape index (κ1) is 22.0. The van der Waals surface area contributed by atoms with Crippen LogP contribution in [0.3, 0.4) is 0 Å². The number of carbonyl (C=O) groups is 3. The van der Waals surface area contributed by atoms with E-state index in [1.807, 2.05) is 17.8 Å². The molecule has 1 aliphatic rings. The highest BCUT2D eigenvalue weighted by Gasteiger charge is 2.27. The number of hydrogen-bond donors (Lipinski definition) is 1. The van der Waals surface area contributed by atoms with Gasteiger partial charge in [-0.3, -0.25) is 19.7 Å². The van der Waals surface area contributed by atoms with Crippen molar-refractivity contribution in [2.24, 2.45) is 7.05 Å². The smallest absolute Gasteiger partial charge is 0.303 e. The van der Waals surface area contributed by atoms with Crippen molar-refractivity contribution in [1.29, 1.82) is 0 Å². The standard InChI is InChI=1S/C23H32N4O3/c1-26-20-17-18(11-9-7-5-3-2-4-6-8-10-16-28)12-13-19(20)22(25-26)27-15-14-21(29)24-23(27)30/h12-13,16-17H,2-11,14-15H2,1H3,(H,24,29,30). The number of nitrogens with zero attached hydrogens (tertiary/aromatic N) is 3. The van der Waals surface area contributed by atoms with Gasteiger partial charge < -0.3 is 4.79 Å². The minimum absolute atomic E-state index is 0.239. The third-order valence-corrected chi connectivity index (χ3v) is 5.74. The van der Waals surface area contributed by atoms with Crippen LogP contribution in [0.2, 0.25) is 0 Å². The number of unbranched alkanes of at least 4 members (excludes halogenated alkanes) is 8. The van der Waals surface area contributed by atoms with Gasteiger partial charge in [0.2, 0.25) is 5.91 Å². The third-order valence-electron chi connectivity index (χ3n) is 5.74.